The van der Waals surface area contributed by atoms with Crippen molar-refractivity contribution in [3.8, 4) is 0 Å². The molecule has 1 aromatic carbocycles. The maximum absolute atomic E-state index is 12.7. The normalized spacial score (nSPS) is 21.5. The number of imide groups is 2. The molecule has 2 aliphatic rings. The lowest BCUT2D eigenvalue weighted by atomic mass is 10.0. The first-order valence-corrected chi connectivity index (χ1v) is 9.22. The fraction of sp³-hybridized carbons (Fsp3) is 0.375. The Bertz CT molecular complexity index is 901. The van der Waals surface area contributed by atoms with Crippen LogP contribution >= 0.6 is 0 Å². The zero-order valence-corrected chi connectivity index (χ0v) is 14.8. The van der Waals surface area contributed by atoms with Crippen molar-refractivity contribution >= 4 is 40.0 Å². The van der Waals surface area contributed by atoms with E-state index in [-0.39, 0.29) is 36.2 Å². The third kappa shape index (κ3) is 2.75. The summed E-state index contributed by atoms with van der Waals surface area (Å²) in [6.45, 7) is 1.07. The smallest absolute Gasteiger partial charge is 0.264 e. The molecule has 10 heteroatoms. The van der Waals surface area contributed by atoms with Crippen molar-refractivity contribution in [2.75, 3.05) is 12.3 Å². The number of carbonyl (C=O) groups is 4. The van der Waals surface area contributed by atoms with Gasteiger partial charge in [-0.3, -0.25) is 29.0 Å². The number of piperidine rings is 1. The third-order valence-corrected chi connectivity index (χ3v) is 5.46. The molecule has 9 nitrogen and oxygen atoms in total. The molecule has 1 aromatic rings. The molecule has 0 bridgehead atoms. The van der Waals surface area contributed by atoms with Gasteiger partial charge in [0.1, 0.15) is 16.7 Å². The molecule has 2 N–H and O–H groups in total. The summed E-state index contributed by atoms with van der Waals surface area (Å²) in [6, 6.07) is 3.31. The topological polar surface area (TPSA) is 135 Å². The largest absolute Gasteiger partial charge is 0.398 e. The van der Waals surface area contributed by atoms with Gasteiger partial charge in [-0.1, -0.05) is 6.07 Å². The minimum atomic E-state index is -2.82. The van der Waals surface area contributed by atoms with Gasteiger partial charge in [0.25, 0.3) is 17.7 Å². The highest BCUT2D eigenvalue weighted by Gasteiger charge is 2.47. The highest BCUT2D eigenvalue weighted by atomic mass is 32.2. The molecular weight excluding hydrogens is 362 g/mol. The number of anilines is 1. The molecule has 2 atom stereocenters. The van der Waals surface area contributed by atoms with E-state index >= 15 is 0 Å². The van der Waals surface area contributed by atoms with Crippen molar-refractivity contribution in [2.45, 2.75) is 31.1 Å². The molecule has 4 amide bonds. The molecule has 0 radical (unpaired) electrons. The van der Waals surface area contributed by atoms with Gasteiger partial charge in [0.2, 0.25) is 5.91 Å². The minimum absolute atomic E-state index is 0.00255. The van der Waals surface area contributed by atoms with Gasteiger partial charge in [-0.25, -0.2) is 8.42 Å². The molecule has 26 heavy (non-hydrogen) atoms. The van der Waals surface area contributed by atoms with Crippen LogP contribution in [0.2, 0.25) is 0 Å². The van der Waals surface area contributed by atoms with E-state index < -0.39 is 45.6 Å². The molecule has 2 heterocycles. The van der Waals surface area contributed by atoms with Crippen LogP contribution in [0.4, 0.5) is 5.69 Å². The van der Waals surface area contributed by atoms with Crippen LogP contribution in [-0.4, -0.2) is 59.7 Å². The summed E-state index contributed by atoms with van der Waals surface area (Å²) < 4.78 is 22.1. The van der Waals surface area contributed by atoms with Gasteiger partial charge in [-0.15, -0.1) is 0 Å². The van der Waals surface area contributed by atoms with Crippen LogP contribution in [0.25, 0.3) is 0 Å². The van der Waals surface area contributed by atoms with Crippen molar-refractivity contribution in [1.82, 2.24) is 9.80 Å². The summed E-state index contributed by atoms with van der Waals surface area (Å²) in [5.41, 5.74) is 6.08. The van der Waals surface area contributed by atoms with Crippen LogP contribution in [0.5, 0.6) is 0 Å². The number of hydrogen-bond acceptors (Lipinski definition) is 7. The van der Waals surface area contributed by atoms with Crippen LogP contribution in [-0.2, 0) is 20.3 Å². The quantitative estimate of drug-likeness (QED) is 0.404. The van der Waals surface area contributed by atoms with E-state index in [1.807, 2.05) is 0 Å². The van der Waals surface area contributed by atoms with Gasteiger partial charge in [-0.05, 0) is 25.5 Å². The van der Waals surface area contributed by atoms with Gasteiger partial charge in [-0.2, -0.15) is 0 Å². The second-order valence-corrected chi connectivity index (χ2v) is 7.73. The minimum Gasteiger partial charge on any atom is -0.398 e. The maximum atomic E-state index is 12.7. The summed E-state index contributed by atoms with van der Waals surface area (Å²) in [6.07, 6.45) is -0.0704. The van der Waals surface area contributed by atoms with Crippen LogP contribution in [0.15, 0.2) is 18.2 Å². The lowest BCUT2D eigenvalue weighted by molar-refractivity contribution is -0.151. The molecule has 1 saturated heterocycles. The number of hydrogen-bond donors (Lipinski definition) is 2. The molecule has 2 unspecified atom stereocenters. The molecule has 0 spiro atoms. The maximum Gasteiger partial charge on any atom is 0.264 e. The SMILES string of the molecule is CC(CN1C(=O)CCC(N2C(=O)c3cccc(N)c3C2=O)C1=O)[SH](=O)=O. The van der Waals surface area contributed by atoms with Gasteiger partial charge in [0, 0.05) is 18.7 Å². The fourth-order valence-electron chi connectivity index (χ4n) is 3.20. The average molecular weight is 379 g/mol. The fourth-order valence-corrected chi connectivity index (χ4v) is 3.49. The highest BCUT2D eigenvalue weighted by Crippen LogP contribution is 2.32. The number of benzene rings is 1. The van der Waals surface area contributed by atoms with Crippen molar-refractivity contribution in [3.05, 3.63) is 29.3 Å². The van der Waals surface area contributed by atoms with Crippen LogP contribution < -0.4 is 5.73 Å². The number of nitrogens with two attached hydrogens (primary N) is 1. The van der Waals surface area contributed by atoms with Crippen LogP contribution in [0, 0.1) is 0 Å². The number of amides is 4. The molecule has 0 saturated carbocycles. The van der Waals surface area contributed by atoms with Crippen LogP contribution in [0.1, 0.15) is 40.5 Å². The Labute approximate surface area is 150 Å². The van der Waals surface area contributed by atoms with Gasteiger partial charge in [0.15, 0.2) is 0 Å². The summed E-state index contributed by atoms with van der Waals surface area (Å²) in [5.74, 6) is -2.60. The Morgan fingerprint density at radius 3 is 2.50 bits per heavy atom. The van der Waals surface area contributed by atoms with Crippen molar-refractivity contribution in [3.63, 3.8) is 0 Å². The molecule has 2 aliphatic heterocycles. The van der Waals surface area contributed by atoms with E-state index in [9.17, 15) is 27.6 Å². The zero-order valence-electron chi connectivity index (χ0n) is 13.9. The number of fused-ring (bicyclic) bond motifs is 1. The van der Waals surface area contributed by atoms with Gasteiger partial charge >= 0.3 is 0 Å². The number of nitrogen functional groups attached to an aromatic ring is 1. The summed E-state index contributed by atoms with van der Waals surface area (Å²) in [5, 5.41) is -0.922. The highest BCUT2D eigenvalue weighted by molar-refractivity contribution is 7.73. The number of likely N-dealkylation sites (tertiary alicyclic amines) is 1. The first-order valence-electron chi connectivity index (χ1n) is 7.98. The van der Waals surface area contributed by atoms with E-state index in [1.165, 1.54) is 25.1 Å². The van der Waals surface area contributed by atoms with E-state index in [4.69, 9.17) is 5.73 Å². The molecule has 138 valence electrons. The Balaban J connectivity index is 1.91. The Kier molecular flexibility index (Phi) is 4.53. The monoisotopic (exact) mass is 379 g/mol. The molecule has 0 aliphatic carbocycles. The number of thiol groups is 1. The summed E-state index contributed by atoms with van der Waals surface area (Å²) in [7, 11) is -2.82. The molecular formula is C16H17N3O6S. The standard InChI is InChI=1S/C16H17N3O6S/c1-8(26(24)25)7-18-12(20)6-5-11(15(18)22)19-14(21)9-3-2-4-10(17)13(9)16(19)23/h2-4,8,11,26H,5-7,17H2,1H3. The molecule has 3 rings (SSSR count). The second-order valence-electron chi connectivity index (χ2n) is 6.28. The average Bonchev–Trinajstić information content (AvgIpc) is 2.84. The lowest BCUT2D eigenvalue weighted by Crippen LogP contribution is -2.57. The van der Waals surface area contributed by atoms with E-state index in [0.29, 0.717) is 0 Å². The van der Waals surface area contributed by atoms with E-state index in [0.717, 1.165) is 9.80 Å². The second kappa shape index (κ2) is 6.52. The molecule has 1 fully saturated rings. The zero-order chi connectivity index (χ0) is 19.2. The van der Waals surface area contributed by atoms with Gasteiger partial charge in [0.05, 0.1) is 16.4 Å². The first kappa shape index (κ1) is 18.1. The van der Waals surface area contributed by atoms with Gasteiger partial charge < -0.3 is 5.73 Å². The van der Waals surface area contributed by atoms with E-state index in [1.54, 1.807) is 0 Å². The number of rotatable bonds is 4. The Hall–Kier alpha value is -2.75. The summed E-state index contributed by atoms with van der Waals surface area (Å²) in [4.78, 5) is 51.7. The molecule has 0 aromatic heterocycles. The first-order chi connectivity index (χ1) is 12.2. The predicted octanol–water partition coefficient (Wildman–Crippen LogP) is -0.618. The number of carbonyl (C=O) groups excluding carboxylic acids is 4. The predicted molar refractivity (Wildman–Crippen MR) is 90.9 cm³/mol. The summed E-state index contributed by atoms with van der Waals surface area (Å²) >= 11 is 0. The number of nitrogens with zero attached hydrogens (tertiary/aromatic N) is 2. The van der Waals surface area contributed by atoms with Crippen LogP contribution in [0.3, 0.4) is 0 Å². The Morgan fingerprint density at radius 2 is 1.88 bits per heavy atom. The van der Waals surface area contributed by atoms with E-state index in [2.05, 4.69) is 0 Å². The van der Waals surface area contributed by atoms with Crippen molar-refractivity contribution in [1.29, 1.82) is 0 Å². The van der Waals surface area contributed by atoms with Crippen molar-refractivity contribution < 1.29 is 27.6 Å². The van der Waals surface area contributed by atoms with Crippen molar-refractivity contribution in [2.24, 2.45) is 0 Å². The lowest BCUT2D eigenvalue weighted by Gasteiger charge is -2.35. The Morgan fingerprint density at radius 1 is 1.19 bits per heavy atom. The third-order valence-electron chi connectivity index (χ3n) is 4.58.